The van der Waals surface area contributed by atoms with Crippen LogP contribution >= 0.6 is 0 Å². The van der Waals surface area contributed by atoms with Crippen molar-refractivity contribution in [1.82, 2.24) is 8.61 Å². The fraction of sp³-hybridized carbons (Fsp3) is 0.700. The molecule has 9 heteroatoms. The van der Waals surface area contributed by atoms with E-state index in [-0.39, 0.29) is 25.9 Å². The van der Waals surface area contributed by atoms with Gasteiger partial charge in [-0.15, -0.1) is 0 Å². The summed E-state index contributed by atoms with van der Waals surface area (Å²) in [6.45, 7) is -0.608. The maximum atomic E-state index is 12.1. The smallest absolute Gasteiger partial charge is 0.306 e. The zero-order valence-electron chi connectivity index (χ0n) is 10.2. The summed E-state index contributed by atoms with van der Waals surface area (Å²) in [5.74, 6) is -1.46. The van der Waals surface area contributed by atoms with Crippen molar-refractivity contribution in [3.63, 3.8) is 0 Å². The van der Waals surface area contributed by atoms with Crippen molar-refractivity contribution in [2.75, 3.05) is 26.2 Å². The summed E-state index contributed by atoms with van der Waals surface area (Å²) in [4.78, 5) is 10.8. The number of carboxylic acids is 1. The first-order valence-electron chi connectivity index (χ1n) is 5.65. The Morgan fingerprint density at radius 2 is 1.74 bits per heavy atom. The predicted molar refractivity (Wildman–Crippen MR) is 63.7 cm³/mol. The van der Waals surface area contributed by atoms with Gasteiger partial charge in [0.25, 0.3) is 10.2 Å². The van der Waals surface area contributed by atoms with Crippen molar-refractivity contribution < 1.29 is 18.3 Å². The van der Waals surface area contributed by atoms with Crippen LogP contribution in [0.2, 0.25) is 0 Å². The summed E-state index contributed by atoms with van der Waals surface area (Å²) in [7, 11) is -3.87. The van der Waals surface area contributed by atoms with Crippen LogP contribution in [0.4, 0.5) is 0 Å². The average molecular weight is 286 g/mol. The summed E-state index contributed by atoms with van der Waals surface area (Å²) in [5, 5.41) is 26.0. The summed E-state index contributed by atoms with van der Waals surface area (Å²) >= 11 is 0. The van der Waals surface area contributed by atoms with E-state index >= 15 is 0 Å². The van der Waals surface area contributed by atoms with Crippen molar-refractivity contribution in [2.45, 2.75) is 12.8 Å². The molecular formula is C10H14N4O4S. The van der Waals surface area contributed by atoms with Gasteiger partial charge >= 0.3 is 5.97 Å². The maximum absolute atomic E-state index is 12.1. The minimum absolute atomic E-state index is 0.0899. The molecule has 0 bridgehead atoms. The minimum Gasteiger partial charge on any atom is -0.481 e. The lowest BCUT2D eigenvalue weighted by Crippen LogP contribution is -2.48. The van der Waals surface area contributed by atoms with Crippen LogP contribution in [0.25, 0.3) is 0 Å². The standard InChI is InChI=1S/C10H14N4O4S/c11-3-7-14(8-4-12)19(17,18)13-5-1-9(2-6-13)10(15)16/h9H,1-2,5-8H2,(H,15,16). The fourth-order valence-electron chi connectivity index (χ4n) is 1.87. The van der Waals surface area contributed by atoms with Crippen LogP contribution in [-0.4, -0.2) is 54.3 Å². The third-order valence-electron chi connectivity index (χ3n) is 2.95. The summed E-state index contributed by atoms with van der Waals surface area (Å²) < 4.78 is 26.2. The van der Waals surface area contributed by atoms with Crippen molar-refractivity contribution in [3.8, 4) is 12.1 Å². The Balaban J connectivity index is 2.76. The second kappa shape index (κ2) is 6.48. The molecule has 19 heavy (non-hydrogen) atoms. The van der Waals surface area contributed by atoms with Gasteiger partial charge in [-0.3, -0.25) is 4.79 Å². The molecule has 0 aromatic heterocycles. The highest BCUT2D eigenvalue weighted by molar-refractivity contribution is 7.86. The zero-order valence-corrected chi connectivity index (χ0v) is 11.0. The molecule has 8 nitrogen and oxygen atoms in total. The number of rotatable bonds is 5. The van der Waals surface area contributed by atoms with E-state index in [9.17, 15) is 13.2 Å². The molecule has 0 aromatic rings. The molecule has 1 aliphatic rings. The van der Waals surface area contributed by atoms with E-state index in [4.69, 9.17) is 15.6 Å². The topological polar surface area (TPSA) is 126 Å². The number of carbonyl (C=O) groups is 1. The highest BCUT2D eigenvalue weighted by Crippen LogP contribution is 2.21. The molecule has 1 fully saturated rings. The van der Waals surface area contributed by atoms with Crippen LogP contribution in [-0.2, 0) is 15.0 Å². The van der Waals surface area contributed by atoms with Crippen LogP contribution < -0.4 is 0 Å². The number of piperidine rings is 1. The number of carboxylic acid groups (broad SMARTS) is 1. The largest absolute Gasteiger partial charge is 0.481 e. The lowest BCUT2D eigenvalue weighted by Gasteiger charge is -2.32. The number of aliphatic carboxylic acids is 1. The number of hydrogen-bond acceptors (Lipinski definition) is 5. The van der Waals surface area contributed by atoms with Gasteiger partial charge in [-0.25, -0.2) is 0 Å². The van der Waals surface area contributed by atoms with Gasteiger partial charge < -0.3 is 5.11 Å². The Bertz CT molecular complexity index is 495. The molecule has 1 rings (SSSR count). The van der Waals surface area contributed by atoms with Crippen LogP contribution in [0, 0.1) is 28.6 Å². The van der Waals surface area contributed by atoms with Gasteiger partial charge in [0, 0.05) is 13.1 Å². The van der Waals surface area contributed by atoms with Crippen molar-refractivity contribution in [1.29, 1.82) is 10.5 Å². The maximum Gasteiger partial charge on any atom is 0.306 e. The Morgan fingerprint density at radius 1 is 1.26 bits per heavy atom. The third-order valence-corrected chi connectivity index (χ3v) is 4.88. The van der Waals surface area contributed by atoms with Crippen LogP contribution in [0.3, 0.4) is 0 Å². The molecule has 0 atom stereocenters. The van der Waals surface area contributed by atoms with Gasteiger partial charge in [0.1, 0.15) is 13.1 Å². The molecule has 1 aliphatic heterocycles. The predicted octanol–water partition coefficient (Wildman–Crippen LogP) is -0.623. The van der Waals surface area contributed by atoms with Gasteiger partial charge in [0.15, 0.2) is 0 Å². The summed E-state index contributed by atoms with van der Waals surface area (Å²) in [6, 6.07) is 3.40. The SMILES string of the molecule is N#CCN(CC#N)S(=O)(=O)N1CCC(C(=O)O)CC1. The molecule has 1 N–H and O–H groups in total. The molecule has 0 radical (unpaired) electrons. The van der Waals surface area contributed by atoms with E-state index < -0.39 is 35.2 Å². The van der Waals surface area contributed by atoms with E-state index in [0.717, 1.165) is 8.61 Å². The second-order valence-corrected chi connectivity index (χ2v) is 6.03. The lowest BCUT2D eigenvalue weighted by atomic mass is 9.99. The first-order valence-corrected chi connectivity index (χ1v) is 7.05. The summed E-state index contributed by atoms with van der Waals surface area (Å²) in [6.07, 6.45) is 0.475. The normalized spacial score (nSPS) is 17.8. The number of hydrogen-bond donors (Lipinski definition) is 1. The van der Waals surface area contributed by atoms with Crippen molar-refractivity contribution >= 4 is 16.2 Å². The zero-order chi connectivity index (χ0) is 14.5. The monoisotopic (exact) mass is 286 g/mol. The fourth-order valence-corrected chi connectivity index (χ4v) is 3.31. The van der Waals surface area contributed by atoms with Gasteiger partial charge in [0.2, 0.25) is 0 Å². The molecule has 1 heterocycles. The van der Waals surface area contributed by atoms with Gasteiger partial charge in [-0.05, 0) is 12.8 Å². The minimum atomic E-state index is -3.87. The average Bonchev–Trinajstić information content (AvgIpc) is 2.38. The van der Waals surface area contributed by atoms with Gasteiger partial charge in [-0.1, -0.05) is 0 Å². The van der Waals surface area contributed by atoms with Crippen molar-refractivity contribution in [3.05, 3.63) is 0 Å². The highest BCUT2D eigenvalue weighted by Gasteiger charge is 2.34. The second-order valence-electron chi connectivity index (χ2n) is 4.10. The van der Waals surface area contributed by atoms with Crippen LogP contribution in [0.1, 0.15) is 12.8 Å². The molecule has 0 aliphatic carbocycles. The molecule has 0 amide bonds. The Hall–Kier alpha value is -1.68. The van der Waals surface area contributed by atoms with Crippen LogP contribution in [0.15, 0.2) is 0 Å². The Morgan fingerprint density at radius 3 is 2.11 bits per heavy atom. The van der Waals surface area contributed by atoms with E-state index in [1.807, 2.05) is 0 Å². The highest BCUT2D eigenvalue weighted by atomic mass is 32.2. The first-order chi connectivity index (χ1) is 8.93. The molecular weight excluding hydrogens is 272 g/mol. The first kappa shape index (κ1) is 15.4. The van der Waals surface area contributed by atoms with Gasteiger partial charge in [0.05, 0.1) is 18.1 Å². The van der Waals surface area contributed by atoms with Gasteiger partial charge in [-0.2, -0.15) is 27.6 Å². The molecule has 104 valence electrons. The van der Waals surface area contributed by atoms with E-state index in [1.54, 1.807) is 12.1 Å². The number of nitriles is 2. The van der Waals surface area contributed by atoms with E-state index in [2.05, 4.69) is 0 Å². The molecule has 0 spiro atoms. The molecule has 0 saturated carbocycles. The third kappa shape index (κ3) is 3.64. The van der Waals surface area contributed by atoms with E-state index in [0.29, 0.717) is 0 Å². The Kier molecular flexibility index (Phi) is 5.24. The van der Waals surface area contributed by atoms with E-state index in [1.165, 1.54) is 0 Å². The van der Waals surface area contributed by atoms with Crippen molar-refractivity contribution in [2.24, 2.45) is 5.92 Å². The molecule has 0 aromatic carbocycles. The lowest BCUT2D eigenvalue weighted by molar-refractivity contribution is -0.142. The van der Waals surface area contributed by atoms with Crippen LogP contribution in [0.5, 0.6) is 0 Å². The Labute approximate surface area is 111 Å². The molecule has 1 saturated heterocycles. The quantitative estimate of drug-likeness (QED) is 0.671. The number of nitrogens with zero attached hydrogens (tertiary/aromatic N) is 4. The molecule has 0 unspecified atom stereocenters. The summed E-state index contributed by atoms with van der Waals surface area (Å²) in [5.41, 5.74) is 0.